The number of hydrogen-bond acceptors (Lipinski definition) is 3. The van der Waals surface area contributed by atoms with Gasteiger partial charge in [0.15, 0.2) is 0 Å². The number of benzene rings is 1. The van der Waals surface area contributed by atoms with Crippen molar-refractivity contribution in [2.24, 2.45) is 5.92 Å². The van der Waals surface area contributed by atoms with Crippen molar-refractivity contribution >= 4 is 11.9 Å². The van der Waals surface area contributed by atoms with Crippen LogP contribution in [-0.2, 0) is 16.0 Å². The first-order valence-corrected chi connectivity index (χ1v) is 9.80. The molecule has 2 aliphatic rings. The van der Waals surface area contributed by atoms with Gasteiger partial charge in [-0.05, 0) is 62.4 Å². The van der Waals surface area contributed by atoms with E-state index in [0.29, 0.717) is 11.5 Å². The Morgan fingerprint density at radius 1 is 1.00 bits per heavy atom. The number of halogens is 5. The summed E-state index contributed by atoms with van der Waals surface area (Å²) in [4.78, 5) is 25.7. The van der Waals surface area contributed by atoms with Crippen molar-refractivity contribution in [2.75, 3.05) is 32.7 Å². The maximum atomic E-state index is 13.2. The number of carboxylic acids is 1. The molecule has 1 atom stereocenters. The minimum Gasteiger partial charge on any atom is -0.475 e. The SMILES string of the molecule is O=C(Cc1cc(F)cc(F)c1)N1CCCC(CN2CCCC2)C1.O=C(O)C(F)(F)F. The number of carbonyl (C=O) groups excluding carboxylic acids is 1. The molecule has 0 saturated carbocycles. The highest BCUT2D eigenvalue weighted by Crippen LogP contribution is 2.21. The summed E-state index contributed by atoms with van der Waals surface area (Å²) in [5, 5.41) is 7.12. The standard InChI is InChI=1S/C18H24F2N2O.C2HF3O2/c19-16-8-15(9-17(20)11-16)10-18(23)22-7-3-4-14(13-22)12-21-5-1-2-6-21;3-2(4,5)1(6)7/h8-9,11,14H,1-7,10,12-13H2;(H,6,7). The second-order valence-corrected chi connectivity index (χ2v) is 7.61. The van der Waals surface area contributed by atoms with Crippen LogP contribution >= 0.6 is 0 Å². The van der Waals surface area contributed by atoms with Gasteiger partial charge in [-0.1, -0.05) is 0 Å². The van der Waals surface area contributed by atoms with E-state index in [1.54, 1.807) is 0 Å². The van der Waals surface area contributed by atoms with Gasteiger partial charge < -0.3 is 14.9 Å². The molecule has 2 heterocycles. The van der Waals surface area contributed by atoms with Crippen molar-refractivity contribution in [1.82, 2.24) is 9.80 Å². The van der Waals surface area contributed by atoms with Gasteiger partial charge in [-0.25, -0.2) is 13.6 Å². The fourth-order valence-electron chi connectivity index (χ4n) is 3.77. The molecule has 0 radical (unpaired) electrons. The summed E-state index contributed by atoms with van der Waals surface area (Å²) in [6.45, 7) is 4.94. The Bertz CT molecular complexity index is 715. The van der Waals surface area contributed by atoms with Gasteiger partial charge in [-0.15, -0.1) is 0 Å². The molecular formula is C20H25F5N2O3. The van der Waals surface area contributed by atoms with E-state index in [2.05, 4.69) is 4.90 Å². The minimum absolute atomic E-state index is 0.0267. The van der Waals surface area contributed by atoms with Gasteiger partial charge in [0.25, 0.3) is 0 Å². The topological polar surface area (TPSA) is 60.9 Å². The number of alkyl halides is 3. The number of aliphatic carboxylic acids is 1. The molecule has 1 aromatic rings. The lowest BCUT2D eigenvalue weighted by atomic mass is 9.97. The Morgan fingerprint density at radius 2 is 1.57 bits per heavy atom. The summed E-state index contributed by atoms with van der Waals surface area (Å²) < 4.78 is 58.2. The Hall–Kier alpha value is -2.23. The van der Waals surface area contributed by atoms with Crippen LogP contribution in [0.1, 0.15) is 31.2 Å². The number of likely N-dealkylation sites (tertiary alicyclic amines) is 2. The van der Waals surface area contributed by atoms with E-state index in [0.717, 1.165) is 38.5 Å². The molecule has 2 aliphatic heterocycles. The van der Waals surface area contributed by atoms with Crippen molar-refractivity contribution in [2.45, 2.75) is 38.3 Å². The maximum Gasteiger partial charge on any atom is 0.490 e. The highest BCUT2D eigenvalue weighted by molar-refractivity contribution is 5.78. The lowest BCUT2D eigenvalue weighted by Gasteiger charge is -2.34. The molecule has 2 fully saturated rings. The molecule has 0 aromatic heterocycles. The Kier molecular flexibility index (Phi) is 8.57. The molecular weight excluding hydrogens is 411 g/mol. The largest absolute Gasteiger partial charge is 0.490 e. The summed E-state index contributed by atoms with van der Waals surface area (Å²) in [5.74, 6) is -3.51. The average Bonchev–Trinajstić information content (AvgIpc) is 3.14. The molecule has 1 amide bonds. The van der Waals surface area contributed by atoms with Crippen molar-refractivity contribution in [3.05, 3.63) is 35.4 Å². The summed E-state index contributed by atoms with van der Waals surface area (Å²) in [7, 11) is 0. The number of carbonyl (C=O) groups is 2. The van der Waals surface area contributed by atoms with Crippen molar-refractivity contribution < 1.29 is 36.6 Å². The third-order valence-electron chi connectivity index (χ3n) is 5.11. The predicted molar refractivity (Wildman–Crippen MR) is 98.7 cm³/mol. The third kappa shape index (κ3) is 7.89. The van der Waals surface area contributed by atoms with E-state index < -0.39 is 23.8 Å². The molecule has 30 heavy (non-hydrogen) atoms. The van der Waals surface area contributed by atoms with Gasteiger partial charge >= 0.3 is 12.1 Å². The van der Waals surface area contributed by atoms with Crippen molar-refractivity contribution in [1.29, 1.82) is 0 Å². The van der Waals surface area contributed by atoms with Crippen LogP contribution in [0.2, 0.25) is 0 Å². The molecule has 5 nitrogen and oxygen atoms in total. The molecule has 1 N–H and O–H groups in total. The van der Waals surface area contributed by atoms with Gasteiger partial charge in [0.2, 0.25) is 5.91 Å². The number of hydrogen-bond donors (Lipinski definition) is 1. The van der Waals surface area contributed by atoms with Gasteiger partial charge in [-0.2, -0.15) is 13.2 Å². The van der Waals surface area contributed by atoms with Gasteiger partial charge in [0.1, 0.15) is 11.6 Å². The molecule has 10 heteroatoms. The molecule has 168 valence electrons. The van der Waals surface area contributed by atoms with E-state index in [-0.39, 0.29) is 12.3 Å². The van der Waals surface area contributed by atoms with Crippen molar-refractivity contribution in [3.8, 4) is 0 Å². The predicted octanol–water partition coefficient (Wildman–Crippen LogP) is 3.48. The first kappa shape index (κ1) is 24.0. The second kappa shape index (κ2) is 10.7. The molecule has 0 bridgehead atoms. The normalized spacial score (nSPS) is 19.9. The maximum absolute atomic E-state index is 13.2. The number of rotatable bonds is 4. The highest BCUT2D eigenvalue weighted by atomic mass is 19.4. The lowest BCUT2D eigenvalue weighted by molar-refractivity contribution is -0.192. The number of carboxylic acid groups (broad SMARTS) is 1. The van der Waals surface area contributed by atoms with Crippen LogP contribution in [0.4, 0.5) is 22.0 Å². The smallest absolute Gasteiger partial charge is 0.475 e. The summed E-state index contributed by atoms with van der Waals surface area (Å²) in [6, 6.07) is 3.32. The van der Waals surface area contributed by atoms with Crippen LogP contribution in [0.3, 0.4) is 0 Å². The lowest BCUT2D eigenvalue weighted by Crippen LogP contribution is -2.44. The van der Waals surface area contributed by atoms with Crippen LogP contribution in [0.25, 0.3) is 0 Å². The number of piperidine rings is 1. The third-order valence-corrected chi connectivity index (χ3v) is 5.11. The van der Waals surface area contributed by atoms with Crippen LogP contribution in [0, 0.1) is 17.6 Å². The summed E-state index contributed by atoms with van der Waals surface area (Å²) in [6.07, 6.45) is -0.275. The zero-order valence-electron chi connectivity index (χ0n) is 16.4. The Balaban J connectivity index is 0.000000396. The quantitative estimate of drug-likeness (QED) is 0.735. The zero-order valence-corrected chi connectivity index (χ0v) is 16.4. The van der Waals surface area contributed by atoms with Crippen LogP contribution < -0.4 is 0 Å². The average molecular weight is 436 g/mol. The first-order chi connectivity index (χ1) is 14.0. The molecule has 2 saturated heterocycles. The summed E-state index contributed by atoms with van der Waals surface area (Å²) >= 11 is 0. The van der Waals surface area contributed by atoms with E-state index in [1.165, 1.54) is 38.1 Å². The molecule has 0 aliphatic carbocycles. The van der Waals surface area contributed by atoms with E-state index in [4.69, 9.17) is 9.90 Å². The van der Waals surface area contributed by atoms with Crippen LogP contribution in [-0.4, -0.2) is 65.7 Å². The fraction of sp³-hybridized carbons (Fsp3) is 0.600. The van der Waals surface area contributed by atoms with E-state index in [9.17, 15) is 26.7 Å². The Labute approximate surface area is 171 Å². The molecule has 1 unspecified atom stereocenters. The van der Waals surface area contributed by atoms with Gasteiger partial charge in [0.05, 0.1) is 6.42 Å². The molecule has 0 spiro atoms. The van der Waals surface area contributed by atoms with Gasteiger partial charge in [-0.3, -0.25) is 4.79 Å². The van der Waals surface area contributed by atoms with E-state index in [1.807, 2.05) is 4.90 Å². The van der Waals surface area contributed by atoms with Crippen LogP contribution in [0.15, 0.2) is 18.2 Å². The van der Waals surface area contributed by atoms with Crippen LogP contribution in [0.5, 0.6) is 0 Å². The Morgan fingerprint density at radius 3 is 2.10 bits per heavy atom. The number of amides is 1. The van der Waals surface area contributed by atoms with Gasteiger partial charge in [0, 0.05) is 25.7 Å². The molecule has 1 aromatic carbocycles. The number of nitrogens with zero attached hydrogens (tertiary/aromatic N) is 2. The highest BCUT2D eigenvalue weighted by Gasteiger charge is 2.38. The molecule has 3 rings (SSSR count). The summed E-state index contributed by atoms with van der Waals surface area (Å²) in [5.41, 5.74) is 0.411. The van der Waals surface area contributed by atoms with Crippen molar-refractivity contribution in [3.63, 3.8) is 0 Å². The first-order valence-electron chi connectivity index (χ1n) is 9.80. The zero-order chi connectivity index (χ0) is 22.3. The minimum atomic E-state index is -5.08. The second-order valence-electron chi connectivity index (χ2n) is 7.61. The van der Waals surface area contributed by atoms with E-state index >= 15 is 0 Å². The fourth-order valence-corrected chi connectivity index (χ4v) is 3.77. The monoisotopic (exact) mass is 436 g/mol.